The van der Waals surface area contributed by atoms with Gasteiger partial charge in [0.15, 0.2) is 0 Å². The van der Waals surface area contributed by atoms with Crippen LogP contribution < -0.4 is 9.46 Å². The topological polar surface area (TPSA) is 58.6 Å². The number of carboxylic acids is 1. The average molecular weight is 267 g/mol. The number of rotatable bonds is 5. The first-order valence-electron chi connectivity index (χ1n) is 4.34. The third kappa shape index (κ3) is 6.03. The summed E-state index contributed by atoms with van der Waals surface area (Å²) in [6.45, 7) is -0.245. The summed E-state index contributed by atoms with van der Waals surface area (Å²) < 4.78 is 41.7. The Kier molecular flexibility index (Phi) is 4.64. The number of nitrogens with one attached hydrogen (secondary N) is 1. The summed E-state index contributed by atoms with van der Waals surface area (Å²) in [5.74, 6) is -1.34. The van der Waals surface area contributed by atoms with Crippen LogP contribution in [-0.4, -0.2) is 24.0 Å². The molecule has 0 aliphatic rings. The quantitative estimate of drug-likeness (QED) is 0.801. The number of ether oxygens (including phenoxy) is 1. The molecular formula is C9H8F3NO3S. The molecule has 0 aromatic heterocycles. The first-order chi connectivity index (χ1) is 7.87. The summed E-state index contributed by atoms with van der Waals surface area (Å²) >= 11 is 1.01. The molecule has 4 nitrogen and oxygen atoms in total. The Balaban J connectivity index is 2.47. The van der Waals surface area contributed by atoms with Gasteiger partial charge >= 0.3 is 12.3 Å². The van der Waals surface area contributed by atoms with Gasteiger partial charge in [0.1, 0.15) is 12.3 Å². The highest BCUT2D eigenvalue weighted by Crippen LogP contribution is 2.24. The molecule has 17 heavy (non-hydrogen) atoms. The van der Waals surface area contributed by atoms with Crippen molar-refractivity contribution in [2.45, 2.75) is 11.3 Å². The number of aliphatic carboxylic acids is 1. The number of carbonyl (C=O) groups is 1. The van der Waals surface area contributed by atoms with E-state index >= 15 is 0 Å². The van der Waals surface area contributed by atoms with Crippen LogP contribution in [0.25, 0.3) is 0 Å². The molecule has 0 amide bonds. The van der Waals surface area contributed by atoms with Gasteiger partial charge in [-0.25, -0.2) is 4.72 Å². The van der Waals surface area contributed by atoms with E-state index in [9.17, 15) is 18.0 Å². The Hall–Kier alpha value is -1.41. The van der Waals surface area contributed by atoms with Crippen molar-refractivity contribution in [3.63, 3.8) is 0 Å². The van der Waals surface area contributed by atoms with Gasteiger partial charge in [0.05, 0.1) is 0 Å². The number of hydrogen-bond donors (Lipinski definition) is 2. The minimum Gasteiger partial charge on any atom is -0.480 e. The molecule has 0 bridgehead atoms. The lowest BCUT2D eigenvalue weighted by atomic mass is 10.3. The lowest BCUT2D eigenvalue weighted by Gasteiger charge is -2.09. The van der Waals surface area contributed by atoms with E-state index in [0.29, 0.717) is 4.90 Å². The summed E-state index contributed by atoms with van der Waals surface area (Å²) in [7, 11) is 0. The van der Waals surface area contributed by atoms with Crippen LogP contribution in [0.15, 0.2) is 29.2 Å². The fraction of sp³-hybridized carbons (Fsp3) is 0.222. The molecular weight excluding hydrogens is 259 g/mol. The molecule has 0 saturated carbocycles. The van der Waals surface area contributed by atoms with Crippen LogP contribution in [0.4, 0.5) is 13.2 Å². The van der Waals surface area contributed by atoms with E-state index in [1.165, 1.54) is 12.1 Å². The lowest BCUT2D eigenvalue weighted by molar-refractivity contribution is -0.274. The standard InChI is InChI=1S/C9H8F3NO3S/c10-9(11,12)16-6-1-3-7(4-2-6)17-13-5-8(14)15/h1-4,13H,5H2,(H,14,15). The summed E-state index contributed by atoms with van der Waals surface area (Å²) in [5.41, 5.74) is 0. The normalized spacial score (nSPS) is 11.2. The summed E-state index contributed by atoms with van der Waals surface area (Å²) in [5, 5.41) is 8.34. The van der Waals surface area contributed by atoms with Crippen molar-refractivity contribution in [1.29, 1.82) is 0 Å². The third-order valence-electron chi connectivity index (χ3n) is 1.47. The van der Waals surface area contributed by atoms with Crippen molar-refractivity contribution in [3.8, 4) is 5.75 Å². The van der Waals surface area contributed by atoms with Crippen LogP contribution in [0.3, 0.4) is 0 Å². The molecule has 0 atom stereocenters. The van der Waals surface area contributed by atoms with Gasteiger partial charge in [-0.3, -0.25) is 4.79 Å². The smallest absolute Gasteiger partial charge is 0.480 e. The van der Waals surface area contributed by atoms with Crippen LogP contribution in [-0.2, 0) is 4.79 Å². The highest BCUT2D eigenvalue weighted by molar-refractivity contribution is 7.97. The monoisotopic (exact) mass is 267 g/mol. The van der Waals surface area contributed by atoms with Crippen molar-refractivity contribution >= 4 is 17.9 Å². The first-order valence-corrected chi connectivity index (χ1v) is 5.16. The number of alkyl halides is 3. The Labute approximate surface area is 98.9 Å². The van der Waals surface area contributed by atoms with E-state index < -0.39 is 12.3 Å². The predicted octanol–water partition coefficient (Wildman–Crippen LogP) is 2.27. The van der Waals surface area contributed by atoms with E-state index in [-0.39, 0.29) is 12.3 Å². The molecule has 94 valence electrons. The van der Waals surface area contributed by atoms with Crippen LogP contribution >= 0.6 is 11.9 Å². The summed E-state index contributed by atoms with van der Waals surface area (Å²) in [6, 6.07) is 5.08. The van der Waals surface area contributed by atoms with E-state index in [1.807, 2.05) is 0 Å². The average Bonchev–Trinajstić information content (AvgIpc) is 2.18. The molecule has 8 heteroatoms. The highest BCUT2D eigenvalue weighted by atomic mass is 32.2. The molecule has 1 aromatic carbocycles. The van der Waals surface area contributed by atoms with Gasteiger partial charge in [0.2, 0.25) is 0 Å². The van der Waals surface area contributed by atoms with Gasteiger partial charge in [-0.2, -0.15) is 0 Å². The molecule has 1 aromatic rings. The molecule has 0 saturated heterocycles. The maximum atomic E-state index is 11.8. The van der Waals surface area contributed by atoms with Gasteiger partial charge in [0.25, 0.3) is 0 Å². The van der Waals surface area contributed by atoms with E-state index in [4.69, 9.17) is 5.11 Å². The van der Waals surface area contributed by atoms with E-state index in [1.54, 1.807) is 0 Å². The van der Waals surface area contributed by atoms with E-state index in [2.05, 4.69) is 9.46 Å². The van der Waals surface area contributed by atoms with E-state index in [0.717, 1.165) is 24.1 Å². The zero-order valence-electron chi connectivity index (χ0n) is 8.32. The molecule has 2 N–H and O–H groups in total. The molecule has 0 aliphatic heterocycles. The first kappa shape index (κ1) is 13.7. The van der Waals surface area contributed by atoms with Crippen LogP contribution in [0, 0.1) is 0 Å². The zero-order chi connectivity index (χ0) is 12.9. The summed E-state index contributed by atoms with van der Waals surface area (Å²) in [6.07, 6.45) is -4.71. The second-order valence-electron chi connectivity index (χ2n) is 2.84. The fourth-order valence-electron chi connectivity index (χ4n) is 0.891. The Bertz CT molecular complexity index is 380. The van der Waals surface area contributed by atoms with Crippen LogP contribution in [0.1, 0.15) is 0 Å². The molecule has 0 heterocycles. The second kappa shape index (κ2) is 5.78. The lowest BCUT2D eigenvalue weighted by Crippen LogP contribution is -2.17. The number of benzene rings is 1. The predicted molar refractivity (Wildman–Crippen MR) is 54.6 cm³/mol. The molecule has 0 aliphatic carbocycles. The SMILES string of the molecule is O=C(O)CNSc1ccc(OC(F)(F)F)cc1. The highest BCUT2D eigenvalue weighted by Gasteiger charge is 2.30. The van der Waals surface area contributed by atoms with Gasteiger partial charge < -0.3 is 9.84 Å². The minimum absolute atomic E-state index is 0.245. The maximum Gasteiger partial charge on any atom is 0.573 e. The van der Waals surface area contributed by atoms with Crippen molar-refractivity contribution in [1.82, 2.24) is 4.72 Å². The second-order valence-corrected chi connectivity index (χ2v) is 3.80. The van der Waals surface area contributed by atoms with Crippen molar-refractivity contribution in [2.24, 2.45) is 0 Å². The largest absolute Gasteiger partial charge is 0.573 e. The van der Waals surface area contributed by atoms with Gasteiger partial charge in [-0.05, 0) is 36.2 Å². The molecule has 0 fully saturated rings. The van der Waals surface area contributed by atoms with Crippen molar-refractivity contribution in [2.75, 3.05) is 6.54 Å². The number of halogens is 3. The Morgan fingerprint density at radius 3 is 2.41 bits per heavy atom. The number of carboxylic acid groups (broad SMARTS) is 1. The van der Waals surface area contributed by atoms with Gasteiger partial charge in [-0.1, -0.05) is 0 Å². The maximum absolute atomic E-state index is 11.8. The molecule has 1 rings (SSSR count). The van der Waals surface area contributed by atoms with Crippen LogP contribution in [0.5, 0.6) is 5.75 Å². The van der Waals surface area contributed by atoms with Gasteiger partial charge in [-0.15, -0.1) is 13.2 Å². The Morgan fingerprint density at radius 2 is 1.94 bits per heavy atom. The van der Waals surface area contributed by atoms with Gasteiger partial charge in [0, 0.05) is 4.90 Å². The Morgan fingerprint density at radius 1 is 1.35 bits per heavy atom. The van der Waals surface area contributed by atoms with Crippen molar-refractivity contribution in [3.05, 3.63) is 24.3 Å². The van der Waals surface area contributed by atoms with Crippen molar-refractivity contribution < 1.29 is 27.8 Å². The zero-order valence-corrected chi connectivity index (χ0v) is 9.14. The molecule has 0 unspecified atom stereocenters. The molecule has 0 spiro atoms. The minimum atomic E-state index is -4.71. The third-order valence-corrected chi connectivity index (χ3v) is 2.27. The van der Waals surface area contributed by atoms with Crippen LogP contribution in [0.2, 0.25) is 0 Å². The fourth-order valence-corrected chi connectivity index (χ4v) is 1.52. The number of hydrogen-bond acceptors (Lipinski definition) is 4. The summed E-state index contributed by atoms with van der Waals surface area (Å²) in [4.78, 5) is 10.8. The molecule has 0 radical (unpaired) electrons.